The van der Waals surface area contributed by atoms with E-state index in [9.17, 15) is 4.39 Å². The molecule has 1 aromatic carbocycles. The van der Waals surface area contributed by atoms with Crippen LogP contribution in [0.25, 0.3) is 0 Å². The maximum atomic E-state index is 13.3. The molecule has 3 nitrogen and oxygen atoms in total. The molecule has 18 heavy (non-hydrogen) atoms. The molecule has 2 heterocycles. The fourth-order valence-electron chi connectivity index (χ4n) is 2.30. The summed E-state index contributed by atoms with van der Waals surface area (Å²) in [7, 11) is 0. The van der Waals surface area contributed by atoms with Crippen molar-refractivity contribution in [2.24, 2.45) is 0 Å². The predicted octanol–water partition coefficient (Wildman–Crippen LogP) is 2.79. The summed E-state index contributed by atoms with van der Waals surface area (Å²) in [6.07, 6.45) is 4.10. The van der Waals surface area contributed by atoms with Crippen LogP contribution in [0.1, 0.15) is 11.1 Å². The Balaban J connectivity index is 2.12. The minimum atomic E-state index is -0.261. The van der Waals surface area contributed by atoms with Crippen LogP contribution < -0.4 is 4.90 Å². The summed E-state index contributed by atoms with van der Waals surface area (Å²) >= 11 is 0. The van der Waals surface area contributed by atoms with Crippen molar-refractivity contribution in [1.82, 2.24) is 4.98 Å². The van der Waals surface area contributed by atoms with Gasteiger partial charge >= 0.3 is 0 Å². The molecule has 0 saturated heterocycles. The molecule has 0 fully saturated rings. The van der Waals surface area contributed by atoms with Crippen LogP contribution >= 0.6 is 0 Å². The zero-order valence-corrected chi connectivity index (χ0v) is 9.60. The van der Waals surface area contributed by atoms with Crippen molar-refractivity contribution in [3.05, 3.63) is 53.6 Å². The summed E-state index contributed by atoms with van der Waals surface area (Å²) in [5.74, 6) is -0.261. The summed E-state index contributed by atoms with van der Waals surface area (Å²) in [6, 6.07) is 8.59. The maximum absolute atomic E-state index is 13.3. The van der Waals surface area contributed by atoms with Gasteiger partial charge in [0.2, 0.25) is 0 Å². The molecule has 0 amide bonds. The quantitative estimate of drug-likeness (QED) is 0.768. The minimum Gasteiger partial charge on any atom is -0.339 e. The summed E-state index contributed by atoms with van der Waals surface area (Å²) in [4.78, 5) is 6.00. The molecule has 3 rings (SSSR count). The van der Waals surface area contributed by atoms with E-state index in [0.717, 1.165) is 29.9 Å². The smallest absolute Gasteiger partial charge is 0.125 e. The van der Waals surface area contributed by atoms with Gasteiger partial charge in [0, 0.05) is 18.4 Å². The Labute approximate surface area is 104 Å². The van der Waals surface area contributed by atoms with Gasteiger partial charge in [-0.2, -0.15) is 5.26 Å². The highest BCUT2D eigenvalue weighted by atomic mass is 19.1. The lowest BCUT2D eigenvalue weighted by Gasteiger charge is -2.20. The number of halogens is 1. The number of fused-ring (bicyclic) bond motifs is 1. The molecule has 0 bridgehead atoms. The van der Waals surface area contributed by atoms with Crippen molar-refractivity contribution in [2.45, 2.75) is 6.42 Å². The van der Waals surface area contributed by atoms with E-state index in [0.29, 0.717) is 5.56 Å². The van der Waals surface area contributed by atoms with Gasteiger partial charge < -0.3 is 4.90 Å². The van der Waals surface area contributed by atoms with Crippen molar-refractivity contribution in [1.29, 1.82) is 5.26 Å². The number of anilines is 2. The van der Waals surface area contributed by atoms with Crippen molar-refractivity contribution in [2.75, 3.05) is 11.4 Å². The zero-order chi connectivity index (χ0) is 12.5. The van der Waals surface area contributed by atoms with Crippen LogP contribution in [0.5, 0.6) is 0 Å². The number of hydrogen-bond donors (Lipinski definition) is 0. The van der Waals surface area contributed by atoms with E-state index >= 15 is 0 Å². The van der Waals surface area contributed by atoms with Gasteiger partial charge in [-0.15, -0.1) is 0 Å². The molecule has 1 aliphatic heterocycles. The second kappa shape index (κ2) is 4.11. The fourth-order valence-corrected chi connectivity index (χ4v) is 2.30. The normalized spacial score (nSPS) is 13.2. The number of hydrogen-bond acceptors (Lipinski definition) is 3. The molecule has 0 spiro atoms. The highest BCUT2D eigenvalue weighted by Gasteiger charge is 2.22. The molecule has 2 aromatic rings. The summed E-state index contributed by atoms with van der Waals surface area (Å²) < 4.78 is 13.3. The van der Waals surface area contributed by atoms with Gasteiger partial charge in [-0.1, -0.05) is 6.07 Å². The SMILES string of the molecule is N#Cc1ccncc1N1CCc2ccc(F)cc21. The largest absolute Gasteiger partial charge is 0.339 e. The molecule has 1 aromatic heterocycles. The van der Waals surface area contributed by atoms with Gasteiger partial charge in [0.15, 0.2) is 0 Å². The molecule has 0 saturated carbocycles. The van der Waals surface area contributed by atoms with E-state index in [-0.39, 0.29) is 5.82 Å². The second-order valence-electron chi connectivity index (χ2n) is 4.18. The van der Waals surface area contributed by atoms with E-state index in [1.165, 1.54) is 12.1 Å². The lowest BCUT2D eigenvalue weighted by molar-refractivity contribution is 0.628. The number of pyridine rings is 1. The van der Waals surface area contributed by atoms with Crippen molar-refractivity contribution < 1.29 is 4.39 Å². The van der Waals surface area contributed by atoms with Crippen molar-refractivity contribution >= 4 is 11.4 Å². The summed E-state index contributed by atoms with van der Waals surface area (Å²) in [5, 5.41) is 9.10. The minimum absolute atomic E-state index is 0.261. The van der Waals surface area contributed by atoms with Gasteiger partial charge in [-0.3, -0.25) is 4.98 Å². The predicted molar refractivity (Wildman–Crippen MR) is 66.1 cm³/mol. The van der Waals surface area contributed by atoms with E-state index in [2.05, 4.69) is 11.1 Å². The fraction of sp³-hybridized carbons (Fsp3) is 0.143. The average Bonchev–Trinajstić information content (AvgIpc) is 2.81. The molecular weight excluding hydrogens is 229 g/mol. The molecule has 88 valence electrons. The Morgan fingerprint density at radius 2 is 2.17 bits per heavy atom. The number of nitrogens with zero attached hydrogens (tertiary/aromatic N) is 3. The molecule has 0 atom stereocenters. The Kier molecular flexibility index (Phi) is 2.45. The highest BCUT2D eigenvalue weighted by Crippen LogP contribution is 2.35. The first-order valence-electron chi connectivity index (χ1n) is 5.69. The van der Waals surface area contributed by atoms with Crippen molar-refractivity contribution in [3.8, 4) is 6.07 Å². The molecule has 1 aliphatic rings. The van der Waals surface area contributed by atoms with Crippen LogP contribution in [0.15, 0.2) is 36.7 Å². The van der Waals surface area contributed by atoms with Gasteiger partial charge in [0.05, 0.1) is 17.4 Å². The topological polar surface area (TPSA) is 39.9 Å². The van der Waals surface area contributed by atoms with Crippen LogP contribution in [0.3, 0.4) is 0 Å². The van der Waals surface area contributed by atoms with Gasteiger partial charge in [0.25, 0.3) is 0 Å². The third-order valence-corrected chi connectivity index (χ3v) is 3.15. The highest BCUT2D eigenvalue weighted by molar-refractivity contribution is 5.73. The second-order valence-corrected chi connectivity index (χ2v) is 4.18. The molecule has 0 N–H and O–H groups in total. The van der Waals surface area contributed by atoms with Gasteiger partial charge in [-0.25, -0.2) is 4.39 Å². The summed E-state index contributed by atoms with van der Waals surface area (Å²) in [6.45, 7) is 0.749. The van der Waals surface area contributed by atoms with Gasteiger partial charge in [0.1, 0.15) is 11.9 Å². The van der Waals surface area contributed by atoms with Crippen LogP contribution in [0.2, 0.25) is 0 Å². The monoisotopic (exact) mass is 239 g/mol. The number of rotatable bonds is 1. The lowest BCUT2D eigenvalue weighted by atomic mass is 10.1. The Hall–Kier alpha value is -2.41. The van der Waals surface area contributed by atoms with E-state index in [4.69, 9.17) is 5.26 Å². The van der Waals surface area contributed by atoms with E-state index < -0.39 is 0 Å². The first kappa shape index (κ1) is 10.7. The third-order valence-electron chi connectivity index (χ3n) is 3.15. The Bertz CT molecular complexity index is 646. The van der Waals surface area contributed by atoms with Gasteiger partial charge in [-0.05, 0) is 30.2 Å². The lowest BCUT2D eigenvalue weighted by Crippen LogP contribution is -2.15. The molecule has 0 aliphatic carbocycles. The summed E-state index contributed by atoms with van der Waals surface area (Å²) in [5.41, 5.74) is 3.23. The number of benzene rings is 1. The first-order chi connectivity index (χ1) is 8.79. The molecule has 4 heteroatoms. The number of nitriles is 1. The molecule has 0 radical (unpaired) electrons. The van der Waals surface area contributed by atoms with Crippen LogP contribution in [0, 0.1) is 17.1 Å². The van der Waals surface area contributed by atoms with E-state index in [1.54, 1.807) is 24.5 Å². The first-order valence-corrected chi connectivity index (χ1v) is 5.69. The van der Waals surface area contributed by atoms with Crippen LogP contribution in [-0.2, 0) is 6.42 Å². The van der Waals surface area contributed by atoms with Crippen molar-refractivity contribution in [3.63, 3.8) is 0 Å². The number of aromatic nitrogens is 1. The standard InChI is InChI=1S/C14H10FN3/c15-12-2-1-10-4-6-18(13(10)7-12)14-9-17-5-3-11(14)8-16/h1-3,5,7,9H,4,6H2. The zero-order valence-electron chi connectivity index (χ0n) is 9.60. The third kappa shape index (κ3) is 1.61. The van der Waals surface area contributed by atoms with Crippen LogP contribution in [0.4, 0.5) is 15.8 Å². The van der Waals surface area contributed by atoms with E-state index in [1.807, 2.05) is 4.90 Å². The average molecular weight is 239 g/mol. The molecular formula is C14H10FN3. The molecule has 0 unspecified atom stereocenters. The van der Waals surface area contributed by atoms with Crippen LogP contribution in [-0.4, -0.2) is 11.5 Å². The maximum Gasteiger partial charge on any atom is 0.125 e. The Morgan fingerprint density at radius 3 is 3.00 bits per heavy atom. The Morgan fingerprint density at radius 1 is 1.28 bits per heavy atom.